The van der Waals surface area contributed by atoms with Gasteiger partial charge in [0.25, 0.3) is 0 Å². The highest BCUT2D eigenvalue weighted by Crippen LogP contribution is 2.37. The number of aromatic nitrogens is 3. The van der Waals surface area contributed by atoms with E-state index in [1.54, 1.807) is 23.1 Å². The second-order valence-corrected chi connectivity index (χ2v) is 6.75. The van der Waals surface area contributed by atoms with E-state index in [2.05, 4.69) is 32.6 Å². The molecule has 0 saturated carbocycles. The summed E-state index contributed by atoms with van der Waals surface area (Å²) >= 11 is 3.27. The Bertz CT molecular complexity index is 693. The van der Waals surface area contributed by atoms with Gasteiger partial charge in [0, 0.05) is 10.9 Å². The molecule has 0 bridgehead atoms. The molecule has 0 amide bonds. The smallest absolute Gasteiger partial charge is 0.239 e. The fourth-order valence-electron chi connectivity index (χ4n) is 1.73. The Morgan fingerprint density at radius 3 is 2.70 bits per heavy atom. The Hall–Kier alpha value is -1.66. The van der Waals surface area contributed by atoms with Crippen LogP contribution in [0.2, 0.25) is 0 Å². The van der Waals surface area contributed by atoms with Crippen molar-refractivity contribution in [2.75, 3.05) is 0 Å². The van der Waals surface area contributed by atoms with Crippen LogP contribution in [0.1, 0.15) is 23.9 Å². The Balaban J connectivity index is 1.74. The van der Waals surface area contributed by atoms with Crippen molar-refractivity contribution >= 4 is 23.1 Å². The van der Waals surface area contributed by atoms with Crippen LogP contribution in [-0.4, -0.2) is 15.1 Å². The third kappa shape index (κ3) is 2.91. The number of hydrogen-bond donors (Lipinski definition) is 0. The number of aryl methyl sites for hydroxylation is 1. The number of thioether (sulfide) groups is 1. The minimum absolute atomic E-state index is 0.103. The van der Waals surface area contributed by atoms with Crippen molar-refractivity contribution in [1.82, 2.24) is 15.1 Å². The van der Waals surface area contributed by atoms with Gasteiger partial charge in [0.15, 0.2) is 10.2 Å². The Morgan fingerprint density at radius 1 is 1.20 bits per heavy atom. The van der Waals surface area contributed by atoms with Gasteiger partial charge in [-0.15, -0.1) is 11.3 Å². The molecule has 0 fully saturated rings. The maximum absolute atomic E-state index is 5.18. The topological polar surface area (TPSA) is 51.8 Å². The van der Waals surface area contributed by atoms with Crippen molar-refractivity contribution < 1.29 is 4.52 Å². The van der Waals surface area contributed by atoms with Gasteiger partial charge in [-0.3, -0.25) is 0 Å². The number of nitrogens with zero attached hydrogens (tertiary/aromatic N) is 3. The van der Waals surface area contributed by atoms with Crippen molar-refractivity contribution in [1.29, 1.82) is 0 Å². The number of benzene rings is 1. The van der Waals surface area contributed by atoms with E-state index < -0.39 is 0 Å². The van der Waals surface area contributed by atoms with Gasteiger partial charge in [0.1, 0.15) is 0 Å². The quantitative estimate of drug-likeness (QED) is 0.670. The minimum Gasteiger partial charge on any atom is -0.338 e. The maximum atomic E-state index is 5.18. The summed E-state index contributed by atoms with van der Waals surface area (Å²) in [5.74, 6) is 1.31. The summed E-state index contributed by atoms with van der Waals surface area (Å²) in [7, 11) is 0. The highest BCUT2D eigenvalue weighted by molar-refractivity contribution is 8.01. The first-order chi connectivity index (χ1) is 9.72. The van der Waals surface area contributed by atoms with Crippen LogP contribution in [0.4, 0.5) is 0 Å². The van der Waals surface area contributed by atoms with E-state index in [9.17, 15) is 0 Å². The summed E-state index contributed by atoms with van der Waals surface area (Å²) in [6.45, 7) is 3.86. The number of rotatable bonds is 4. The molecule has 1 unspecified atom stereocenters. The van der Waals surface area contributed by atoms with Gasteiger partial charge in [0.05, 0.1) is 10.9 Å². The van der Waals surface area contributed by atoms with Crippen LogP contribution in [0.15, 0.2) is 44.6 Å². The molecular formula is C14H13N3OS2. The molecule has 0 aliphatic carbocycles. The zero-order valence-electron chi connectivity index (χ0n) is 11.1. The largest absolute Gasteiger partial charge is 0.338 e. The summed E-state index contributed by atoms with van der Waals surface area (Å²) in [5.41, 5.74) is 2.14. The summed E-state index contributed by atoms with van der Waals surface area (Å²) in [5, 5.41) is 5.99. The van der Waals surface area contributed by atoms with E-state index >= 15 is 0 Å². The van der Waals surface area contributed by atoms with Crippen molar-refractivity contribution in [3.8, 4) is 11.3 Å². The fraction of sp³-hybridized carbons (Fsp3) is 0.214. The van der Waals surface area contributed by atoms with Crippen LogP contribution in [0.5, 0.6) is 0 Å². The van der Waals surface area contributed by atoms with Gasteiger partial charge in [0.2, 0.25) is 5.89 Å². The van der Waals surface area contributed by atoms with Crippen LogP contribution in [0, 0.1) is 6.92 Å². The molecule has 2 heterocycles. The number of thiazole rings is 1. The molecule has 0 radical (unpaired) electrons. The monoisotopic (exact) mass is 303 g/mol. The average molecular weight is 303 g/mol. The lowest BCUT2D eigenvalue weighted by Crippen LogP contribution is -1.88. The Morgan fingerprint density at radius 2 is 2.00 bits per heavy atom. The van der Waals surface area contributed by atoms with E-state index in [0.717, 1.165) is 15.6 Å². The van der Waals surface area contributed by atoms with Gasteiger partial charge in [-0.2, -0.15) is 4.98 Å². The maximum Gasteiger partial charge on any atom is 0.239 e. The Labute approximate surface area is 125 Å². The van der Waals surface area contributed by atoms with Crippen molar-refractivity contribution in [2.45, 2.75) is 23.4 Å². The molecule has 20 heavy (non-hydrogen) atoms. The van der Waals surface area contributed by atoms with Gasteiger partial charge in [-0.05, 0) is 13.8 Å². The highest BCUT2D eigenvalue weighted by atomic mass is 32.2. The van der Waals surface area contributed by atoms with Crippen LogP contribution in [0.25, 0.3) is 11.3 Å². The SMILES string of the molecule is Cc1noc(C(C)Sc2nc(-c3ccccc3)cs2)n1. The minimum atomic E-state index is 0.103. The normalized spacial score (nSPS) is 12.5. The van der Waals surface area contributed by atoms with E-state index in [1.165, 1.54) is 0 Å². The predicted octanol–water partition coefficient (Wildman–Crippen LogP) is 4.35. The highest BCUT2D eigenvalue weighted by Gasteiger charge is 2.16. The molecule has 0 saturated heterocycles. The zero-order valence-corrected chi connectivity index (χ0v) is 12.7. The first-order valence-electron chi connectivity index (χ1n) is 6.20. The first-order valence-corrected chi connectivity index (χ1v) is 7.96. The third-order valence-corrected chi connectivity index (χ3v) is 4.78. The second-order valence-electron chi connectivity index (χ2n) is 4.30. The van der Waals surface area contributed by atoms with Crippen LogP contribution in [-0.2, 0) is 0 Å². The summed E-state index contributed by atoms with van der Waals surface area (Å²) < 4.78 is 6.19. The van der Waals surface area contributed by atoms with E-state index in [0.29, 0.717) is 11.7 Å². The van der Waals surface area contributed by atoms with Crippen molar-refractivity contribution in [3.05, 3.63) is 47.4 Å². The molecule has 3 rings (SSSR count). The first kappa shape index (κ1) is 13.3. The van der Waals surface area contributed by atoms with Crippen LogP contribution >= 0.6 is 23.1 Å². The lowest BCUT2D eigenvalue weighted by molar-refractivity contribution is 0.376. The molecule has 1 aromatic carbocycles. The zero-order chi connectivity index (χ0) is 13.9. The Kier molecular flexibility index (Phi) is 3.84. The standard InChI is InChI=1S/C14H13N3OS2/c1-9(13-15-10(2)17-18-13)20-14-16-12(8-19-14)11-6-4-3-5-7-11/h3-9H,1-2H3. The lowest BCUT2D eigenvalue weighted by Gasteiger charge is -2.02. The molecule has 2 aromatic heterocycles. The van der Waals surface area contributed by atoms with E-state index in [4.69, 9.17) is 4.52 Å². The van der Waals surface area contributed by atoms with Gasteiger partial charge >= 0.3 is 0 Å². The lowest BCUT2D eigenvalue weighted by atomic mass is 10.2. The average Bonchev–Trinajstić information content (AvgIpc) is 3.09. The molecule has 4 nitrogen and oxygen atoms in total. The second kappa shape index (κ2) is 5.76. The molecule has 102 valence electrons. The molecule has 0 aliphatic heterocycles. The summed E-state index contributed by atoms with van der Waals surface area (Å²) in [6.07, 6.45) is 0. The summed E-state index contributed by atoms with van der Waals surface area (Å²) in [6, 6.07) is 10.2. The molecule has 0 spiro atoms. The predicted molar refractivity (Wildman–Crippen MR) is 80.9 cm³/mol. The molecule has 6 heteroatoms. The third-order valence-electron chi connectivity index (χ3n) is 2.72. The molecule has 1 atom stereocenters. The van der Waals surface area contributed by atoms with E-state index in [1.807, 2.05) is 32.0 Å². The molecular weight excluding hydrogens is 290 g/mol. The van der Waals surface area contributed by atoms with Gasteiger partial charge in [-0.25, -0.2) is 4.98 Å². The fourth-order valence-corrected chi connectivity index (χ4v) is 3.73. The van der Waals surface area contributed by atoms with Gasteiger partial charge in [-0.1, -0.05) is 47.3 Å². The summed E-state index contributed by atoms with van der Waals surface area (Å²) in [4.78, 5) is 8.89. The van der Waals surface area contributed by atoms with Crippen molar-refractivity contribution in [2.24, 2.45) is 0 Å². The van der Waals surface area contributed by atoms with Crippen molar-refractivity contribution in [3.63, 3.8) is 0 Å². The van der Waals surface area contributed by atoms with Gasteiger partial charge < -0.3 is 4.52 Å². The van der Waals surface area contributed by atoms with E-state index in [-0.39, 0.29) is 5.25 Å². The van der Waals surface area contributed by atoms with Crippen LogP contribution < -0.4 is 0 Å². The molecule has 0 aliphatic rings. The number of hydrogen-bond acceptors (Lipinski definition) is 6. The van der Waals surface area contributed by atoms with Crippen LogP contribution in [0.3, 0.4) is 0 Å². The molecule has 0 N–H and O–H groups in total. The molecule has 3 aromatic rings.